The molecule has 2 saturated heterocycles. The number of aromatic amines is 1. The molecule has 0 unspecified atom stereocenters. The summed E-state index contributed by atoms with van der Waals surface area (Å²) in [7, 11) is 0. The number of aliphatic hydroxyl groups is 1. The third-order valence-electron chi connectivity index (χ3n) is 4.55. The number of pyridine rings is 1. The zero-order valence-electron chi connectivity index (χ0n) is 13.6. The Labute approximate surface area is 153 Å². The standard InChI is InChI=1S/C17H17Cl2NO5/c1-17(2)24-15-12(6-21)23-14(16(15)25-17)8-4-13(22)20-11-5-10(19)9(18)3-7(8)11/h3-5,12,14-16,21H,6H2,1-2H3,(H,20,22)/t12-,14-,15-,16+/m1/s1. The summed E-state index contributed by atoms with van der Waals surface area (Å²) in [6.07, 6.45) is -1.95. The lowest BCUT2D eigenvalue weighted by atomic mass is 9.98. The van der Waals surface area contributed by atoms with Crippen molar-refractivity contribution in [1.29, 1.82) is 0 Å². The van der Waals surface area contributed by atoms with Gasteiger partial charge in [-0.05, 0) is 31.5 Å². The lowest BCUT2D eigenvalue weighted by molar-refractivity contribution is -0.190. The molecule has 0 spiro atoms. The molecule has 0 bridgehead atoms. The molecule has 6 nitrogen and oxygen atoms in total. The Morgan fingerprint density at radius 3 is 2.56 bits per heavy atom. The molecule has 8 heteroatoms. The van der Waals surface area contributed by atoms with Gasteiger partial charge in [0.25, 0.3) is 0 Å². The van der Waals surface area contributed by atoms with Gasteiger partial charge in [-0.2, -0.15) is 0 Å². The average Bonchev–Trinajstić information content (AvgIpc) is 3.01. The minimum Gasteiger partial charge on any atom is -0.394 e. The highest BCUT2D eigenvalue weighted by molar-refractivity contribution is 6.42. The van der Waals surface area contributed by atoms with E-state index >= 15 is 0 Å². The first-order chi connectivity index (χ1) is 11.8. The normalized spacial score (nSPS) is 30.8. The highest BCUT2D eigenvalue weighted by atomic mass is 35.5. The smallest absolute Gasteiger partial charge is 0.248 e. The van der Waals surface area contributed by atoms with E-state index in [1.54, 1.807) is 12.1 Å². The summed E-state index contributed by atoms with van der Waals surface area (Å²) in [5.74, 6) is -0.789. The molecule has 2 aliphatic rings. The van der Waals surface area contributed by atoms with Crippen LogP contribution in [0.5, 0.6) is 0 Å². The molecule has 0 saturated carbocycles. The molecule has 0 radical (unpaired) electrons. The maximum Gasteiger partial charge on any atom is 0.248 e. The van der Waals surface area contributed by atoms with Gasteiger partial charge in [-0.3, -0.25) is 4.79 Å². The topological polar surface area (TPSA) is 80.8 Å². The molecule has 0 aliphatic carbocycles. The summed E-state index contributed by atoms with van der Waals surface area (Å²) in [6.45, 7) is 3.41. The van der Waals surface area contributed by atoms with Crippen LogP contribution in [0.4, 0.5) is 0 Å². The maximum absolute atomic E-state index is 12.1. The van der Waals surface area contributed by atoms with Gasteiger partial charge in [0, 0.05) is 11.5 Å². The van der Waals surface area contributed by atoms with Crippen molar-refractivity contribution >= 4 is 34.1 Å². The number of nitrogens with one attached hydrogen (secondary N) is 1. The first kappa shape index (κ1) is 17.3. The van der Waals surface area contributed by atoms with Crippen LogP contribution in [0.15, 0.2) is 23.0 Å². The third-order valence-corrected chi connectivity index (χ3v) is 5.27. The van der Waals surface area contributed by atoms with E-state index in [1.807, 2.05) is 13.8 Å². The van der Waals surface area contributed by atoms with Crippen LogP contribution in [0.3, 0.4) is 0 Å². The zero-order valence-corrected chi connectivity index (χ0v) is 15.1. The van der Waals surface area contributed by atoms with Crippen molar-refractivity contribution in [2.24, 2.45) is 0 Å². The van der Waals surface area contributed by atoms with Crippen LogP contribution in [-0.4, -0.2) is 40.8 Å². The van der Waals surface area contributed by atoms with Gasteiger partial charge in [-0.1, -0.05) is 23.2 Å². The largest absolute Gasteiger partial charge is 0.394 e. The Morgan fingerprint density at radius 2 is 1.84 bits per heavy atom. The van der Waals surface area contributed by atoms with E-state index in [2.05, 4.69) is 4.98 Å². The molecule has 2 fully saturated rings. The molecular formula is C17H17Cl2NO5. The molecule has 1 aromatic carbocycles. The van der Waals surface area contributed by atoms with Crippen molar-refractivity contribution in [3.8, 4) is 0 Å². The minimum atomic E-state index is -0.789. The SMILES string of the molecule is CC1(C)O[C@@H]2[C@H](O1)[C@@H](CO)O[C@@H]2c1cc(=O)[nH]c2cc(Cl)c(Cl)cc12. The van der Waals surface area contributed by atoms with E-state index in [9.17, 15) is 9.90 Å². The Bertz CT molecular complexity index is 896. The maximum atomic E-state index is 12.1. The highest BCUT2D eigenvalue weighted by Gasteiger charge is 2.55. The van der Waals surface area contributed by atoms with Crippen molar-refractivity contribution in [1.82, 2.24) is 4.98 Å². The fraction of sp³-hybridized carbons (Fsp3) is 0.471. The predicted molar refractivity (Wildman–Crippen MR) is 93.1 cm³/mol. The van der Waals surface area contributed by atoms with Gasteiger partial charge >= 0.3 is 0 Å². The Morgan fingerprint density at radius 1 is 1.16 bits per heavy atom. The van der Waals surface area contributed by atoms with Crippen molar-refractivity contribution in [2.75, 3.05) is 6.61 Å². The number of benzene rings is 1. The molecule has 25 heavy (non-hydrogen) atoms. The zero-order chi connectivity index (χ0) is 17.9. The molecular weight excluding hydrogens is 369 g/mol. The van der Waals surface area contributed by atoms with Gasteiger partial charge in [0.15, 0.2) is 5.79 Å². The molecule has 3 heterocycles. The van der Waals surface area contributed by atoms with Crippen LogP contribution in [-0.2, 0) is 14.2 Å². The van der Waals surface area contributed by atoms with Crippen molar-refractivity contribution in [3.63, 3.8) is 0 Å². The lowest BCUT2D eigenvalue weighted by Gasteiger charge is -2.24. The van der Waals surface area contributed by atoms with E-state index in [0.29, 0.717) is 26.5 Å². The summed E-state index contributed by atoms with van der Waals surface area (Å²) in [5, 5.41) is 11.1. The number of hydrogen-bond acceptors (Lipinski definition) is 5. The van der Waals surface area contributed by atoms with Crippen LogP contribution in [0.25, 0.3) is 10.9 Å². The van der Waals surface area contributed by atoms with Crippen molar-refractivity contribution in [2.45, 2.75) is 44.1 Å². The second-order valence-electron chi connectivity index (χ2n) is 6.74. The number of fused-ring (bicyclic) bond motifs is 2. The van der Waals surface area contributed by atoms with Gasteiger partial charge in [0.1, 0.15) is 24.4 Å². The monoisotopic (exact) mass is 385 g/mol. The van der Waals surface area contributed by atoms with E-state index in [-0.39, 0.29) is 12.2 Å². The van der Waals surface area contributed by atoms with Crippen LogP contribution in [0, 0.1) is 0 Å². The Balaban J connectivity index is 1.87. The fourth-order valence-corrected chi connectivity index (χ4v) is 3.92. The summed E-state index contributed by atoms with van der Waals surface area (Å²) >= 11 is 12.2. The molecule has 2 aliphatic heterocycles. The van der Waals surface area contributed by atoms with Crippen LogP contribution in [0.2, 0.25) is 10.0 Å². The van der Waals surface area contributed by atoms with Gasteiger partial charge < -0.3 is 24.3 Å². The molecule has 1 aromatic heterocycles. The van der Waals surface area contributed by atoms with E-state index in [0.717, 1.165) is 0 Å². The van der Waals surface area contributed by atoms with E-state index < -0.39 is 30.2 Å². The fourth-order valence-electron chi connectivity index (χ4n) is 3.59. The summed E-state index contributed by atoms with van der Waals surface area (Å²) in [6, 6.07) is 4.76. The van der Waals surface area contributed by atoms with Gasteiger partial charge in [-0.25, -0.2) is 0 Å². The number of hydrogen-bond donors (Lipinski definition) is 2. The Hall–Kier alpha value is -1.15. The number of aliphatic hydroxyl groups excluding tert-OH is 1. The molecule has 2 N–H and O–H groups in total. The third kappa shape index (κ3) is 2.87. The summed E-state index contributed by atoms with van der Waals surface area (Å²) < 4.78 is 17.8. The van der Waals surface area contributed by atoms with Gasteiger partial charge in [0.2, 0.25) is 5.56 Å². The molecule has 134 valence electrons. The molecule has 4 atom stereocenters. The van der Waals surface area contributed by atoms with E-state index in [4.69, 9.17) is 37.4 Å². The molecule has 2 aromatic rings. The number of rotatable bonds is 2. The van der Waals surface area contributed by atoms with Crippen molar-refractivity contribution < 1.29 is 19.3 Å². The highest BCUT2D eigenvalue weighted by Crippen LogP contribution is 2.46. The average molecular weight is 386 g/mol. The molecule has 0 amide bonds. The minimum absolute atomic E-state index is 0.204. The second-order valence-corrected chi connectivity index (χ2v) is 7.56. The van der Waals surface area contributed by atoms with Crippen LogP contribution < -0.4 is 5.56 Å². The first-order valence-corrected chi connectivity index (χ1v) is 8.68. The lowest BCUT2D eigenvalue weighted by Crippen LogP contribution is -2.31. The summed E-state index contributed by atoms with van der Waals surface area (Å²) in [4.78, 5) is 14.9. The first-order valence-electron chi connectivity index (χ1n) is 7.93. The van der Waals surface area contributed by atoms with Crippen LogP contribution >= 0.6 is 23.2 Å². The molecule has 4 rings (SSSR count). The number of H-pyrrole nitrogens is 1. The predicted octanol–water partition coefficient (Wildman–Crippen LogP) is 2.79. The quantitative estimate of drug-likeness (QED) is 0.830. The summed E-state index contributed by atoms with van der Waals surface area (Å²) in [5.41, 5.74) is 0.902. The van der Waals surface area contributed by atoms with Gasteiger partial charge in [0.05, 0.1) is 22.2 Å². The van der Waals surface area contributed by atoms with Crippen LogP contribution in [0.1, 0.15) is 25.5 Å². The Kier molecular flexibility index (Phi) is 4.11. The number of ether oxygens (including phenoxy) is 3. The van der Waals surface area contributed by atoms with Gasteiger partial charge in [-0.15, -0.1) is 0 Å². The number of halogens is 2. The van der Waals surface area contributed by atoms with Crippen molar-refractivity contribution in [3.05, 3.63) is 44.2 Å². The second kappa shape index (κ2) is 5.94. The van der Waals surface area contributed by atoms with E-state index in [1.165, 1.54) is 6.07 Å². The number of aromatic nitrogens is 1.